The Labute approximate surface area is 142 Å². The highest BCUT2D eigenvalue weighted by Gasteiger charge is 2.21. The third-order valence-corrected chi connectivity index (χ3v) is 4.55. The maximum Gasteiger partial charge on any atom is 0.189 e. The first-order valence-electron chi connectivity index (χ1n) is 8.30. The molecule has 0 atom stereocenters. The summed E-state index contributed by atoms with van der Waals surface area (Å²) < 4.78 is 0. The van der Waals surface area contributed by atoms with E-state index in [0.717, 1.165) is 35.1 Å². The first-order valence-corrected chi connectivity index (χ1v) is 8.30. The predicted molar refractivity (Wildman–Crippen MR) is 98.9 cm³/mol. The number of allylic oxidation sites excluding steroid dienone is 1. The van der Waals surface area contributed by atoms with E-state index in [9.17, 15) is 4.79 Å². The third-order valence-electron chi connectivity index (χ3n) is 4.55. The molecule has 1 aliphatic carbocycles. The zero-order valence-corrected chi connectivity index (χ0v) is 13.4. The number of carbonyl (C=O) groups is 1. The normalized spacial score (nSPS) is 15.3. The highest BCUT2D eigenvalue weighted by atomic mass is 16.1. The largest absolute Gasteiger partial charge is 0.289 e. The number of Topliss-reactive ketones (excluding diaryl/α,β-unsaturated/α-hetero) is 1. The zero-order chi connectivity index (χ0) is 16.4. The van der Waals surface area contributed by atoms with Gasteiger partial charge in [0.1, 0.15) is 0 Å². The Kier molecular flexibility index (Phi) is 3.84. The van der Waals surface area contributed by atoms with Gasteiger partial charge in [-0.2, -0.15) is 0 Å². The van der Waals surface area contributed by atoms with E-state index in [1.165, 1.54) is 11.1 Å². The number of benzene rings is 3. The van der Waals surface area contributed by atoms with Crippen molar-refractivity contribution in [2.75, 3.05) is 0 Å². The lowest BCUT2D eigenvalue weighted by atomic mass is 9.86. The summed E-state index contributed by atoms with van der Waals surface area (Å²) in [5.41, 5.74) is 6.37. The van der Waals surface area contributed by atoms with Gasteiger partial charge in [-0.05, 0) is 47.2 Å². The molecular weight excluding hydrogens is 292 g/mol. The molecule has 0 heterocycles. The van der Waals surface area contributed by atoms with Crippen molar-refractivity contribution in [1.82, 2.24) is 0 Å². The molecule has 0 amide bonds. The number of ketones is 1. The van der Waals surface area contributed by atoms with Crippen LogP contribution in [0, 0.1) is 0 Å². The van der Waals surface area contributed by atoms with E-state index in [0.29, 0.717) is 0 Å². The highest BCUT2D eigenvalue weighted by molar-refractivity contribution is 6.13. The number of hydrogen-bond acceptors (Lipinski definition) is 1. The Morgan fingerprint density at radius 1 is 0.708 bits per heavy atom. The summed E-state index contributed by atoms with van der Waals surface area (Å²) in [6, 6.07) is 26.6. The van der Waals surface area contributed by atoms with Crippen LogP contribution in [0.3, 0.4) is 0 Å². The van der Waals surface area contributed by atoms with Gasteiger partial charge in [0.25, 0.3) is 0 Å². The first-order chi connectivity index (χ1) is 11.8. The lowest BCUT2D eigenvalue weighted by molar-refractivity contribution is 0.102. The fraction of sp³-hybridized carbons (Fsp3) is 0.0870. The minimum Gasteiger partial charge on any atom is -0.289 e. The standard InChI is InChI=1S/C23H18O/c24-23-21(14-13-19-10-4-5-12-22(19)23)16-17-7-6-11-20(15-17)18-8-2-1-3-9-18/h1-12,15-16H,13-14H2/b21-16+. The fourth-order valence-electron chi connectivity index (χ4n) is 3.29. The topological polar surface area (TPSA) is 17.1 Å². The molecule has 0 spiro atoms. The van der Waals surface area contributed by atoms with Gasteiger partial charge >= 0.3 is 0 Å². The van der Waals surface area contributed by atoms with Crippen molar-refractivity contribution >= 4 is 11.9 Å². The molecule has 0 saturated heterocycles. The fourth-order valence-corrected chi connectivity index (χ4v) is 3.29. The summed E-state index contributed by atoms with van der Waals surface area (Å²) in [7, 11) is 0. The summed E-state index contributed by atoms with van der Waals surface area (Å²) in [6.07, 6.45) is 3.79. The number of hydrogen-bond donors (Lipinski definition) is 0. The SMILES string of the molecule is O=C1/C(=C/c2cccc(-c3ccccc3)c2)CCc2ccccc21. The van der Waals surface area contributed by atoms with Crippen molar-refractivity contribution < 1.29 is 4.79 Å². The molecule has 0 aromatic heterocycles. The van der Waals surface area contributed by atoms with E-state index in [1.807, 2.05) is 42.5 Å². The second-order valence-electron chi connectivity index (χ2n) is 6.15. The predicted octanol–water partition coefficient (Wildman–Crippen LogP) is 5.57. The van der Waals surface area contributed by atoms with Crippen LogP contribution in [0.25, 0.3) is 17.2 Å². The smallest absolute Gasteiger partial charge is 0.189 e. The molecule has 0 bridgehead atoms. The third kappa shape index (κ3) is 2.81. The van der Waals surface area contributed by atoms with Gasteiger partial charge in [-0.1, -0.05) is 72.8 Å². The lowest BCUT2D eigenvalue weighted by Crippen LogP contribution is -2.13. The van der Waals surface area contributed by atoms with Crippen molar-refractivity contribution in [3.8, 4) is 11.1 Å². The van der Waals surface area contributed by atoms with Gasteiger partial charge in [-0.25, -0.2) is 0 Å². The van der Waals surface area contributed by atoms with Crippen LogP contribution in [0.4, 0.5) is 0 Å². The maximum atomic E-state index is 12.7. The number of rotatable bonds is 2. The van der Waals surface area contributed by atoms with E-state index < -0.39 is 0 Å². The molecule has 1 aliphatic rings. The summed E-state index contributed by atoms with van der Waals surface area (Å²) in [5, 5.41) is 0. The van der Waals surface area contributed by atoms with Gasteiger partial charge in [-0.3, -0.25) is 4.79 Å². The van der Waals surface area contributed by atoms with Crippen molar-refractivity contribution in [2.45, 2.75) is 12.8 Å². The molecule has 116 valence electrons. The molecule has 0 N–H and O–H groups in total. The highest BCUT2D eigenvalue weighted by Crippen LogP contribution is 2.27. The monoisotopic (exact) mass is 310 g/mol. The second kappa shape index (κ2) is 6.29. The minimum absolute atomic E-state index is 0.168. The molecule has 24 heavy (non-hydrogen) atoms. The van der Waals surface area contributed by atoms with Crippen LogP contribution >= 0.6 is 0 Å². The van der Waals surface area contributed by atoms with Crippen LogP contribution in [0.2, 0.25) is 0 Å². The summed E-state index contributed by atoms with van der Waals surface area (Å²) in [4.78, 5) is 12.7. The van der Waals surface area contributed by atoms with Gasteiger partial charge in [0, 0.05) is 11.1 Å². The van der Waals surface area contributed by atoms with E-state index in [4.69, 9.17) is 0 Å². The number of aryl methyl sites for hydroxylation is 1. The van der Waals surface area contributed by atoms with Crippen LogP contribution in [-0.4, -0.2) is 5.78 Å². The van der Waals surface area contributed by atoms with Gasteiger partial charge in [-0.15, -0.1) is 0 Å². The second-order valence-corrected chi connectivity index (χ2v) is 6.15. The van der Waals surface area contributed by atoms with Gasteiger partial charge in [0.05, 0.1) is 0 Å². The molecular formula is C23H18O. The van der Waals surface area contributed by atoms with E-state index in [-0.39, 0.29) is 5.78 Å². The van der Waals surface area contributed by atoms with Crippen LogP contribution in [0.15, 0.2) is 84.4 Å². The molecule has 0 radical (unpaired) electrons. The van der Waals surface area contributed by atoms with Crippen molar-refractivity contribution in [3.05, 3.63) is 101 Å². The first kappa shape index (κ1) is 14.6. The van der Waals surface area contributed by atoms with E-state index in [1.54, 1.807) is 0 Å². The average Bonchev–Trinajstić information content (AvgIpc) is 2.65. The Balaban J connectivity index is 1.69. The molecule has 0 fully saturated rings. The molecule has 1 nitrogen and oxygen atoms in total. The molecule has 4 rings (SSSR count). The van der Waals surface area contributed by atoms with E-state index in [2.05, 4.69) is 42.5 Å². The number of carbonyl (C=O) groups excluding carboxylic acids is 1. The summed E-state index contributed by atoms with van der Waals surface area (Å²) in [6.45, 7) is 0. The molecule has 3 aromatic carbocycles. The quantitative estimate of drug-likeness (QED) is 0.566. The van der Waals surface area contributed by atoms with Crippen molar-refractivity contribution in [1.29, 1.82) is 0 Å². The van der Waals surface area contributed by atoms with Crippen LogP contribution in [-0.2, 0) is 6.42 Å². The average molecular weight is 310 g/mol. The zero-order valence-electron chi connectivity index (χ0n) is 13.4. The molecule has 3 aromatic rings. The summed E-state index contributed by atoms with van der Waals surface area (Å²) >= 11 is 0. The molecule has 0 saturated carbocycles. The van der Waals surface area contributed by atoms with Gasteiger partial charge < -0.3 is 0 Å². The lowest BCUT2D eigenvalue weighted by Gasteiger charge is -2.17. The van der Waals surface area contributed by atoms with Crippen molar-refractivity contribution in [3.63, 3.8) is 0 Å². The van der Waals surface area contributed by atoms with Crippen LogP contribution < -0.4 is 0 Å². The van der Waals surface area contributed by atoms with Gasteiger partial charge in [0.2, 0.25) is 0 Å². The van der Waals surface area contributed by atoms with Crippen molar-refractivity contribution in [2.24, 2.45) is 0 Å². The maximum absolute atomic E-state index is 12.7. The molecule has 0 unspecified atom stereocenters. The minimum atomic E-state index is 0.168. The number of fused-ring (bicyclic) bond motifs is 1. The molecule has 0 aliphatic heterocycles. The van der Waals surface area contributed by atoms with Gasteiger partial charge in [0.15, 0.2) is 5.78 Å². The van der Waals surface area contributed by atoms with Crippen LogP contribution in [0.5, 0.6) is 0 Å². The van der Waals surface area contributed by atoms with Crippen LogP contribution in [0.1, 0.15) is 27.9 Å². The Bertz CT molecular complexity index is 920. The summed E-state index contributed by atoms with van der Waals surface area (Å²) in [5.74, 6) is 0.168. The molecule has 1 heteroatoms. The Morgan fingerprint density at radius 3 is 2.33 bits per heavy atom. The van der Waals surface area contributed by atoms with E-state index >= 15 is 0 Å². The Hall–Kier alpha value is -2.93. The Morgan fingerprint density at radius 2 is 1.46 bits per heavy atom.